The fourth-order valence-corrected chi connectivity index (χ4v) is 2.62. The number of ether oxygens (including phenoxy) is 1. The van der Waals surface area contributed by atoms with Crippen molar-refractivity contribution in [3.63, 3.8) is 0 Å². The lowest BCUT2D eigenvalue weighted by Crippen LogP contribution is -2.15. The van der Waals surface area contributed by atoms with Gasteiger partial charge in [-0.05, 0) is 55.5 Å². The van der Waals surface area contributed by atoms with Crippen LogP contribution in [0, 0.1) is 6.92 Å². The number of amides is 1. The summed E-state index contributed by atoms with van der Waals surface area (Å²) in [5.41, 5.74) is 0.868. The van der Waals surface area contributed by atoms with Gasteiger partial charge in [-0.25, -0.2) is 4.98 Å². The lowest BCUT2D eigenvalue weighted by Gasteiger charge is -2.08. The largest absolute Gasteiger partial charge is 0.457 e. The smallest absolute Gasteiger partial charge is 0.276 e. The number of rotatable bonds is 5. The Morgan fingerprint density at radius 1 is 0.929 bits per heavy atom. The average molecular weight is 371 g/mol. The minimum absolute atomic E-state index is 0.228. The van der Waals surface area contributed by atoms with Gasteiger partial charge in [0.15, 0.2) is 11.5 Å². The first kappa shape index (κ1) is 17.4. The van der Waals surface area contributed by atoms with Crippen molar-refractivity contribution in [3.8, 4) is 17.3 Å². The first-order valence-electron chi connectivity index (χ1n) is 8.67. The highest BCUT2D eigenvalue weighted by Gasteiger charge is 2.10. The molecule has 0 aliphatic carbocycles. The van der Waals surface area contributed by atoms with Gasteiger partial charge in [-0.2, -0.15) is 0 Å². The van der Waals surface area contributed by atoms with Crippen molar-refractivity contribution < 1.29 is 9.53 Å². The summed E-state index contributed by atoms with van der Waals surface area (Å²) in [6, 6.07) is 20.0. The van der Waals surface area contributed by atoms with E-state index in [1.165, 1.54) is 0 Å². The molecule has 4 rings (SSSR count). The number of carbonyl (C=O) groups is 1. The fourth-order valence-electron chi connectivity index (χ4n) is 2.62. The second kappa shape index (κ2) is 7.71. The number of carbonyl (C=O) groups excluding carboxylic acids is 1. The van der Waals surface area contributed by atoms with Gasteiger partial charge in [-0.1, -0.05) is 18.2 Å². The van der Waals surface area contributed by atoms with Crippen LogP contribution in [0.2, 0.25) is 0 Å². The van der Waals surface area contributed by atoms with Crippen LogP contribution in [0.5, 0.6) is 11.5 Å². The van der Waals surface area contributed by atoms with E-state index in [1.54, 1.807) is 53.4 Å². The van der Waals surface area contributed by atoms with E-state index < -0.39 is 0 Å². The third-order valence-electron chi connectivity index (χ3n) is 4.05. The number of aromatic nitrogens is 4. The number of hydrogen-bond donors (Lipinski definition) is 1. The first-order valence-corrected chi connectivity index (χ1v) is 8.67. The summed E-state index contributed by atoms with van der Waals surface area (Å²) in [7, 11) is 0. The van der Waals surface area contributed by atoms with Crippen molar-refractivity contribution in [3.05, 3.63) is 90.6 Å². The Bertz CT molecular complexity index is 1070. The van der Waals surface area contributed by atoms with Gasteiger partial charge in [-0.15, -0.1) is 10.2 Å². The van der Waals surface area contributed by atoms with Crippen molar-refractivity contribution in [2.45, 2.75) is 6.92 Å². The third kappa shape index (κ3) is 3.88. The van der Waals surface area contributed by atoms with E-state index >= 15 is 0 Å². The minimum atomic E-state index is -0.335. The molecule has 138 valence electrons. The number of hydrogen-bond acceptors (Lipinski definition) is 5. The van der Waals surface area contributed by atoms with Crippen LogP contribution in [0.3, 0.4) is 0 Å². The molecule has 0 atom stereocenters. The Morgan fingerprint density at radius 2 is 1.68 bits per heavy atom. The molecule has 0 fully saturated rings. The Morgan fingerprint density at radius 3 is 2.32 bits per heavy atom. The molecular formula is C21H17N5O2. The first-order chi connectivity index (χ1) is 13.7. The molecule has 0 aliphatic rings. The highest BCUT2D eigenvalue weighted by molar-refractivity contribution is 6.02. The van der Waals surface area contributed by atoms with E-state index in [0.717, 1.165) is 11.6 Å². The van der Waals surface area contributed by atoms with Crippen LogP contribution in [-0.2, 0) is 0 Å². The average Bonchev–Trinajstić information content (AvgIpc) is 3.16. The lowest BCUT2D eigenvalue weighted by molar-refractivity contribution is 0.102. The summed E-state index contributed by atoms with van der Waals surface area (Å²) in [6.45, 7) is 1.87. The van der Waals surface area contributed by atoms with E-state index in [0.29, 0.717) is 17.3 Å². The van der Waals surface area contributed by atoms with Crippen LogP contribution in [0.1, 0.15) is 16.3 Å². The number of nitrogens with one attached hydrogen (secondary N) is 1. The van der Waals surface area contributed by atoms with E-state index in [-0.39, 0.29) is 11.6 Å². The van der Waals surface area contributed by atoms with Crippen LogP contribution in [0.4, 0.5) is 5.69 Å². The highest BCUT2D eigenvalue weighted by Crippen LogP contribution is 2.22. The number of aryl methyl sites for hydroxylation is 1. The number of para-hydroxylation sites is 1. The van der Waals surface area contributed by atoms with Crippen molar-refractivity contribution >= 4 is 11.6 Å². The Labute approximate surface area is 161 Å². The summed E-state index contributed by atoms with van der Waals surface area (Å²) in [4.78, 5) is 16.5. The quantitative estimate of drug-likeness (QED) is 0.573. The summed E-state index contributed by atoms with van der Waals surface area (Å²) in [5.74, 6) is 2.50. The molecule has 2 aromatic heterocycles. The maximum absolute atomic E-state index is 12.4. The predicted molar refractivity (Wildman–Crippen MR) is 105 cm³/mol. The van der Waals surface area contributed by atoms with E-state index in [1.807, 2.05) is 37.3 Å². The Hall–Kier alpha value is -4.00. The molecule has 7 heteroatoms. The maximum Gasteiger partial charge on any atom is 0.276 e. The zero-order chi connectivity index (χ0) is 19.3. The molecule has 2 heterocycles. The monoisotopic (exact) mass is 371 g/mol. The molecule has 0 saturated heterocycles. The normalized spacial score (nSPS) is 10.5. The fraction of sp³-hybridized carbons (Fsp3) is 0.0476. The van der Waals surface area contributed by atoms with Gasteiger partial charge in [-0.3, -0.25) is 9.36 Å². The lowest BCUT2D eigenvalue weighted by atomic mass is 10.2. The molecule has 0 aliphatic heterocycles. The molecular weight excluding hydrogens is 354 g/mol. The van der Waals surface area contributed by atoms with Gasteiger partial charge >= 0.3 is 0 Å². The van der Waals surface area contributed by atoms with E-state index in [2.05, 4.69) is 20.5 Å². The molecule has 28 heavy (non-hydrogen) atoms. The maximum atomic E-state index is 12.4. The Kier molecular flexibility index (Phi) is 4.79. The Balaban J connectivity index is 1.41. The molecule has 2 aromatic carbocycles. The molecule has 0 spiro atoms. The number of nitrogens with zero attached hydrogens (tertiary/aromatic N) is 4. The SMILES string of the molecule is Cc1nccn1-c1ccc(C(=O)Nc2ccc(Oc3ccccc3)cc2)nn1. The van der Waals surface area contributed by atoms with Crippen LogP contribution in [-0.4, -0.2) is 25.7 Å². The molecule has 0 bridgehead atoms. The van der Waals surface area contributed by atoms with Gasteiger partial charge in [0.05, 0.1) is 0 Å². The molecule has 0 saturated carbocycles. The topological polar surface area (TPSA) is 81.9 Å². The van der Waals surface area contributed by atoms with Crippen LogP contribution in [0.15, 0.2) is 79.1 Å². The molecule has 1 amide bonds. The number of anilines is 1. The van der Waals surface area contributed by atoms with Crippen LogP contribution >= 0.6 is 0 Å². The van der Waals surface area contributed by atoms with Crippen molar-refractivity contribution in [2.24, 2.45) is 0 Å². The second-order valence-electron chi connectivity index (χ2n) is 6.01. The van der Waals surface area contributed by atoms with Gasteiger partial charge in [0.2, 0.25) is 0 Å². The molecule has 0 unspecified atom stereocenters. The number of benzene rings is 2. The van der Waals surface area contributed by atoms with Gasteiger partial charge < -0.3 is 10.1 Å². The molecule has 0 radical (unpaired) electrons. The van der Waals surface area contributed by atoms with Gasteiger partial charge in [0.25, 0.3) is 5.91 Å². The standard InChI is InChI=1S/C21H17N5O2/c1-15-22-13-14-26(15)20-12-11-19(24-25-20)21(27)23-16-7-9-18(10-8-16)28-17-5-3-2-4-6-17/h2-14H,1H3,(H,23,27). The van der Waals surface area contributed by atoms with Crippen molar-refractivity contribution in [1.82, 2.24) is 19.7 Å². The summed E-state index contributed by atoms with van der Waals surface area (Å²) in [6.07, 6.45) is 3.47. The minimum Gasteiger partial charge on any atom is -0.457 e. The molecule has 7 nitrogen and oxygen atoms in total. The zero-order valence-corrected chi connectivity index (χ0v) is 15.1. The molecule has 4 aromatic rings. The summed E-state index contributed by atoms with van der Waals surface area (Å²) < 4.78 is 7.53. The zero-order valence-electron chi connectivity index (χ0n) is 15.1. The number of imidazole rings is 1. The van der Waals surface area contributed by atoms with Crippen molar-refractivity contribution in [1.29, 1.82) is 0 Å². The molecule has 1 N–H and O–H groups in total. The van der Waals surface area contributed by atoms with Gasteiger partial charge in [0.1, 0.15) is 17.3 Å². The van der Waals surface area contributed by atoms with Gasteiger partial charge in [0, 0.05) is 18.1 Å². The summed E-state index contributed by atoms with van der Waals surface area (Å²) in [5, 5.41) is 10.9. The van der Waals surface area contributed by atoms with E-state index in [9.17, 15) is 4.79 Å². The third-order valence-corrected chi connectivity index (χ3v) is 4.05. The highest BCUT2D eigenvalue weighted by atomic mass is 16.5. The van der Waals surface area contributed by atoms with Crippen LogP contribution in [0.25, 0.3) is 5.82 Å². The van der Waals surface area contributed by atoms with Crippen molar-refractivity contribution in [2.75, 3.05) is 5.32 Å². The second-order valence-corrected chi connectivity index (χ2v) is 6.01. The van der Waals surface area contributed by atoms with E-state index in [4.69, 9.17) is 4.74 Å². The van der Waals surface area contributed by atoms with Crippen LogP contribution < -0.4 is 10.1 Å². The predicted octanol–water partition coefficient (Wildman–Crippen LogP) is 4.02. The summed E-state index contributed by atoms with van der Waals surface area (Å²) >= 11 is 0.